The zero-order valence-corrected chi connectivity index (χ0v) is 11.3. The number of nitrogens with zero attached hydrogens (tertiary/aromatic N) is 1. The Kier molecular flexibility index (Phi) is 4.24. The van der Waals surface area contributed by atoms with E-state index in [0.29, 0.717) is 17.9 Å². The fourth-order valence-corrected chi connectivity index (χ4v) is 1.96. The Hall–Kier alpha value is -2.50. The van der Waals surface area contributed by atoms with Gasteiger partial charge in [-0.15, -0.1) is 0 Å². The molecule has 106 valence electrons. The molecule has 2 aromatic rings. The molecule has 0 radical (unpaired) electrons. The molecule has 6 heteroatoms. The van der Waals surface area contributed by atoms with E-state index < -0.39 is 4.92 Å². The molecule has 0 aliphatic rings. The highest BCUT2D eigenvalue weighted by Gasteiger charge is 2.17. The lowest BCUT2D eigenvalue weighted by Crippen LogP contribution is -2.18. The van der Waals surface area contributed by atoms with Crippen LogP contribution >= 0.6 is 0 Å². The van der Waals surface area contributed by atoms with Crippen molar-refractivity contribution in [2.45, 2.75) is 19.4 Å². The van der Waals surface area contributed by atoms with Crippen LogP contribution in [0.15, 0.2) is 41.0 Å². The van der Waals surface area contributed by atoms with E-state index in [1.807, 2.05) is 19.1 Å². The lowest BCUT2D eigenvalue weighted by atomic mass is 10.1. The van der Waals surface area contributed by atoms with Gasteiger partial charge in [-0.3, -0.25) is 10.1 Å². The normalized spacial score (nSPS) is 11.9. The molecule has 1 aromatic heterocycles. The van der Waals surface area contributed by atoms with Crippen molar-refractivity contribution >= 4 is 11.4 Å². The number of hydrogen-bond acceptors (Lipinski definition) is 5. The van der Waals surface area contributed by atoms with Crippen molar-refractivity contribution < 1.29 is 14.1 Å². The largest absolute Gasteiger partial charge is 0.497 e. The third-order valence-corrected chi connectivity index (χ3v) is 2.89. The first-order chi connectivity index (χ1) is 9.60. The van der Waals surface area contributed by atoms with E-state index in [9.17, 15) is 10.1 Å². The molecule has 20 heavy (non-hydrogen) atoms. The van der Waals surface area contributed by atoms with Crippen molar-refractivity contribution in [2.24, 2.45) is 0 Å². The van der Waals surface area contributed by atoms with Crippen LogP contribution in [0.3, 0.4) is 0 Å². The van der Waals surface area contributed by atoms with Gasteiger partial charge in [-0.1, -0.05) is 0 Å². The molecule has 0 fully saturated rings. The van der Waals surface area contributed by atoms with Gasteiger partial charge in [-0.25, -0.2) is 0 Å². The zero-order chi connectivity index (χ0) is 14.5. The number of rotatable bonds is 6. The first-order valence-corrected chi connectivity index (χ1v) is 6.21. The minimum atomic E-state index is -0.415. The number of furan rings is 1. The monoisotopic (exact) mass is 276 g/mol. The average molecular weight is 276 g/mol. The maximum Gasteiger partial charge on any atom is 0.292 e. The predicted molar refractivity (Wildman–Crippen MR) is 75.1 cm³/mol. The molecule has 0 aliphatic carbocycles. The molecule has 1 aromatic carbocycles. The first-order valence-electron chi connectivity index (χ1n) is 6.21. The molecule has 0 amide bonds. The van der Waals surface area contributed by atoms with Crippen LogP contribution < -0.4 is 10.1 Å². The van der Waals surface area contributed by atoms with Crippen molar-refractivity contribution in [3.05, 3.63) is 52.5 Å². The summed E-state index contributed by atoms with van der Waals surface area (Å²) in [5.74, 6) is 1.40. The van der Waals surface area contributed by atoms with E-state index in [4.69, 9.17) is 9.15 Å². The third-order valence-electron chi connectivity index (χ3n) is 2.89. The molecule has 2 rings (SSSR count). The summed E-state index contributed by atoms with van der Waals surface area (Å²) in [6.07, 6.45) is 2.25. The Morgan fingerprint density at radius 2 is 2.25 bits per heavy atom. The fraction of sp³-hybridized carbons (Fsp3) is 0.286. The highest BCUT2D eigenvalue weighted by molar-refractivity contribution is 5.64. The van der Waals surface area contributed by atoms with Gasteiger partial charge in [0.15, 0.2) is 0 Å². The molecule has 1 unspecified atom stereocenters. The second-order valence-corrected chi connectivity index (χ2v) is 4.47. The smallest absolute Gasteiger partial charge is 0.292 e. The van der Waals surface area contributed by atoms with Gasteiger partial charge in [0, 0.05) is 24.6 Å². The summed E-state index contributed by atoms with van der Waals surface area (Å²) in [6.45, 7) is 1.94. The Morgan fingerprint density at radius 3 is 2.85 bits per heavy atom. The van der Waals surface area contributed by atoms with E-state index >= 15 is 0 Å². The van der Waals surface area contributed by atoms with Crippen LogP contribution in [0.4, 0.5) is 11.4 Å². The first kappa shape index (κ1) is 13.9. The molecule has 0 saturated heterocycles. The second-order valence-electron chi connectivity index (χ2n) is 4.47. The molecular weight excluding hydrogens is 260 g/mol. The topological polar surface area (TPSA) is 77.5 Å². The summed E-state index contributed by atoms with van der Waals surface area (Å²) in [5.41, 5.74) is 0.463. The van der Waals surface area contributed by atoms with Crippen molar-refractivity contribution in [1.82, 2.24) is 0 Å². The molecular formula is C14H16N2O4. The maximum absolute atomic E-state index is 11.0. The summed E-state index contributed by atoms with van der Waals surface area (Å²) < 4.78 is 10.4. The average Bonchev–Trinajstić information content (AvgIpc) is 2.90. The minimum Gasteiger partial charge on any atom is -0.497 e. The molecule has 0 saturated carbocycles. The van der Waals surface area contributed by atoms with Gasteiger partial charge in [0.25, 0.3) is 5.69 Å². The zero-order valence-electron chi connectivity index (χ0n) is 11.3. The summed E-state index contributed by atoms with van der Waals surface area (Å²) >= 11 is 0. The number of benzene rings is 1. The Balaban J connectivity index is 2.16. The van der Waals surface area contributed by atoms with Gasteiger partial charge in [-0.05, 0) is 25.1 Å². The quantitative estimate of drug-likeness (QED) is 0.647. The van der Waals surface area contributed by atoms with Crippen LogP contribution in [0.5, 0.6) is 5.75 Å². The Morgan fingerprint density at radius 1 is 1.45 bits per heavy atom. The van der Waals surface area contributed by atoms with Crippen LogP contribution in [0.1, 0.15) is 12.7 Å². The van der Waals surface area contributed by atoms with Gasteiger partial charge in [0.05, 0.1) is 18.3 Å². The van der Waals surface area contributed by atoms with Crippen molar-refractivity contribution in [2.75, 3.05) is 12.4 Å². The third kappa shape index (κ3) is 3.28. The van der Waals surface area contributed by atoms with Gasteiger partial charge in [-0.2, -0.15) is 0 Å². The van der Waals surface area contributed by atoms with Crippen molar-refractivity contribution in [1.29, 1.82) is 0 Å². The molecule has 1 atom stereocenters. The fourth-order valence-electron chi connectivity index (χ4n) is 1.96. The van der Waals surface area contributed by atoms with Crippen molar-refractivity contribution in [3.63, 3.8) is 0 Å². The molecule has 1 N–H and O–H groups in total. The highest BCUT2D eigenvalue weighted by Crippen LogP contribution is 2.29. The van der Waals surface area contributed by atoms with Gasteiger partial charge in [0.1, 0.15) is 17.2 Å². The van der Waals surface area contributed by atoms with Crippen LogP contribution in [0.25, 0.3) is 0 Å². The number of anilines is 1. The Labute approximate surface area is 116 Å². The molecule has 0 bridgehead atoms. The van der Waals surface area contributed by atoms with Crippen LogP contribution in [0, 0.1) is 10.1 Å². The number of hydrogen-bond donors (Lipinski definition) is 1. The maximum atomic E-state index is 11.0. The van der Waals surface area contributed by atoms with Gasteiger partial charge in [0.2, 0.25) is 0 Å². The van der Waals surface area contributed by atoms with E-state index in [1.165, 1.54) is 13.2 Å². The molecule has 0 spiro atoms. The van der Waals surface area contributed by atoms with Gasteiger partial charge < -0.3 is 14.5 Å². The SMILES string of the molecule is COc1ccc([N+](=O)[O-])c(NC(C)Cc2ccco2)c1. The van der Waals surface area contributed by atoms with E-state index in [1.54, 1.807) is 18.4 Å². The predicted octanol–water partition coefficient (Wildman–Crippen LogP) is 3.24. The van der Waals surface area contributed by atoms with E-state index in [0.717, 1.165) is 5.76 Å². The molecule has 6 nitrogen and oxygen atoms in total. The number of ether oxygens (including phenoxy) is 1. The lowest BCUT2D eigenvalue weighted by molar-refractivity contribution is -0.384. The lowest BCUT2D eigenvalue weighted by Gasteiger charge is -2.14. The highest BCUT2D eigenvalue weighted by atomic mass is 16.6. The van der Waals surface area contributed by atoms with Crippen molar-refractivity contribution in [3.8, 4) is 5.75 Å². The summed E-state index contributed by atoms with van der Waals surface area (Å²) in [7, 11) is 1.53. The summed E-state index contributed by atoms with van der Waals surface area (Å²) in [4.78, 5) is 10.6. The molecule has 1 heterocycles. The van der Waals surface area contributed by atoms with Crippen LogP contribution in [-0.2, 0) is 6.42 Å². The second kappa shape index (κ2) is 6.10. The van der Waals surface area contributed by atoms with Crippen LogP contribution in [-0.4, -0.2) is 18.1 Å². The number of nitro groups is 1. The van der Waals surface area contributed by atoms with E-state index in [-0.39, 0.29) is 11.7 Å². The van der Waals surface area contributed by atoms with E-state index in [2.05, 4.69) is 5.32 Å². The minimum absolute atomic E-state index is 0.00745. The summed E-state index contributed by atoms with van der Waals surface area (Å²) in [6, 6.07) is 8.30. The number of methoxy groups -OCH3 is 1. The number of nitrogens with one attached hydrogen (secondary N) is 1. The standard InChI is InChI=1S/C14H16N2O4/c1-10(8-12-4-3-7-20-12)15-13-9-11(19-2)5-6-14(13)16(17)18/h3-7,9-10,15H,8H2,1-2H3. The number of nitro benzene ring substituents is 1. The Bertz CT molecular complexity index is 581. The summed E-state index contributed by atoms with van der Waals surface area (Å²) in [5, 5.41) is 14.1. The van der Waals surface area contributed by atoms with Gasteiger partial charge >= 0.3 is 0 Å². The molecule has 0 aliphatic heterocycles. The van der Waals surface area contributed by atoms with Crippen LogP contribution in [0.2, 0.25) is 0 Å².